The molecule has 104 valence electrons. The molecule has 2 aromatic carbocycles. The molecule has 1 aliphatic rings. The van der Waals surface area contributed by atoms with Gasteiger partial charge in [-0.3, -0.25) is 0 Å². The van der Waals surface area contributed by atoms with E-state index in [9.17, 15) is 0 Å². The minimum atomic E-state index is 0.364. The van der Waals surface area contributed by atoms with Crippen LogP contribution in [0.1, 0.15) is 47.7 Å². The van der Waals surface area contributed by atoms with Gasteiger partial charge in [-0.25, -0.2) is 0 Å². The number of rotatable bonds is 3. The molecule has 0 spiro atoms. The topological polar surface area (TPSA) is 12.0 Å². The van der Waals surface area contributed by atoms with Crippen LogP contribution in [0.3, 0.4) is 0 Å². The maximum absolute atomic E-state index is 6.07. The van der Waals surface area contributed by atoms with Gasteiger partial charge in [0.25, 0.3) is 0 Å². The molecule has 0 saturated carbocycles. The fraction of sp³-hybridized carbons (Fsp3) is 0.333. The highest BCUT2D eigenvalue weighted by Crippen LogP contribution is 2.34. The third-order valence-corrected chi connectivity index (χ3v) is 4.52. The molecule has 1 aliphatic carbocycles. The van der Waals surface area contributed by atoms with Crippen LogP contribution < -0.4 is 5.32 Å². The summed E-state index contributed by atoms with van der Waals surface area (Å²) in [5.74, 6) is 0. The van der Waals surface area contributed by atoms with Crippen molar-refractivity contribution in [1.29, 1.82) is 0 Å². The summed E-state index contributed by atoms with van der Waals surface area (Å²) in [4.78, 5) is 0. The second-order valence-corrected chi connectivity index (χ2v) is 6.12. The third-order valence-electron chi connectivity index (χ3n) is 4.29. The van der Waals surface area contributed by atoms with Crippen LogP contribution in [0.4, 0.5) is 0 Å². The zero-order chi connectivity index (χ0) is 14.1. The van der Waals surface area contributed by atoms with Crippen molar-refractivity contribution in [2.45, 2.75) is 38.8 Å². The first kappa shape index (κ1) is 13.7. The molecule has 0 aliphatic heterocycles. The van der Waals surface area contributed by atoms with Gasteiger partial charge in [0, 0.05) is 17.1 Å². The number of hydrogen-bond donors (Lipinski definition) is 1. The number of halogens is 1. The Hall–Kier alpha value is -1.31. The summed E-state index contributed by atoms with van der Waals surface area (Å²) >= 11 is 6.07. The Labute approximate surface area is 126 Å². The van der Waals surface area contributed by atoms with E-state index in [1.54, 1.807) is 0 Å². The predicted octanol–water partition coefficient (Wildman–Crippen LogP) is 4.99. The van der Waals surface area contributed by atoms with Gasteiger partial charge in [-0.1, -0.05) is 41.9 Å². The lowest BCUT2D eigenvalue weighted by Gasteiger charge is -2.22. The molecule has 0 bridgehead atoms. The summed E-state index contributed by atoms with van der Waals surface area (Å²) in [6, 6.07) is 15.7. The Morgan fingerprint density at radius 3 is 2.80 bits per heavy atom. The van der Waals surface area contributed by atoms with E-state index in [0.717, 1.165) is 17.9 Å². The van der Waals surface area contributed by atoms with E-state index in [1.807, 2.05) is 6.07 Å². The van der Waals surface area contributed by atoms with Gasteiger partial charge in [-0.05, 0) is 61.1 Å². The Bertz CT molecular complexity index is 621. The smallest absolute Gasteiger partial charge is 0.0408 e. The van der Waals surface area contributed by atoms with Crippen molar-refractivity contribution in [3.05, 3.63) is 69.7 Å². The summed E-state index contributed by atoms with van der Waals surface area (Å²) < 4.78 is 0. The largest absolute Gasteiger partial charge is 0.303 e. The van der Waals surface area contributed by atoms with Crippen molar-refractivity contribution in [3.8, 4) is 0 Å². The van der Waals surface area contributed by atoms with Gasteiger partial charge in [0.15, 0.2) is 0 Å². The van der Waals surface area contributed by atoms with E-state index in [4.69, 9.17) is 11.6 Å². The Balaban J connectivity index is 1.79. The minimum absolute atomic E-state index is 0.364. The molecule has 0 fully saturated rings. The van der Waals surface area contributed by atoms with Crippen molar-refractivity contribution in [3.63, 3.8) is 0 Å². The summed E-state index contributed by atoms with van der Waals surface area (Å²) in [5.41, 5.74) is 5.54. The van der Waals surface area contributed by atoms with Crippen LogP contribution in [0.5, 0.6) is 0 Å². The lowest BCUT2D eigenvalue weighted by Crippen LogP contribution is -2.23. The monoisotopic (exact) mass is 285 g/mol. The van der Waals surface area contributed by atoms with Gasteiger partial charge in [0.1, 0.15) is 0 Å². The lowest BCUT2D eigenvalue weighted by molar-refractivity contribution is 0.464. The van der Waals surface area contributed by atoms with Crippen LogP contribution >= 0.6 is 11.6 Å². The van der Waals surface area contributed by atoms with Crippen LogP contribution in [0.2, 0.25) is 5.02 Å². The SMILES string of the molecule is Cc1ccccc1C(C)NC1CCc2cc(Cl)ccc21. The number of hydrogen-bond acceptors (Lipinski definition) is 1. The molecule has 20 heavy (non-hydrogen) atoms. The average molecular weight is 286 g/mol. The fourth-order valence-corrected chi connectivity index (χ4v) is 3.42. The van der Waals surface area contributed by atoms with Gasteiger partial charge >= 0.3 is 0 Å². The molecule has 2 heteroatoms. The molecule has 2 unspecified atom stereocenters. The van der Waals surface area contributed by atoms with Gasteiger partial charge in [0.05, 0.1) is 0 Å². The Morgan fingerprint density at radius 1 is 1.20 bits per heavy atom. The standard InChI is InChI=1S/C18H20ClN/c1-12-5-3-4-6-16(12)13(2)20-18-10-7-14-11-15(19)8-9-17(14)18/h3-6,8-9,11,13,18,20H,7,10H2,1-2H3. The first-order valence-corrected chi connectivity index (χ1v) is 7.63. The number of benzene rings is 2. The highest BCUT2D eigenvalue weighted by Gasteiger charge is 2.24. The maximum atomic E-state index is 6.07. The second-order valence-electron chi connectivity index (χ2n) is 5.68. The van der Waals surface area contributed by atoms with Crippen molar-refractivity contribution >= 4 is 11.6 Å². The summed E-state index contributed by atoms with van der Waals surface area (Å²) in [6.07, 6.45) is 2.28. The normalized spacial score (nSPS) is 18.9. The maximum Gasteiger partial charge on any atom is 0.0408 e. The van der Waals surface area contributed by atoms with Crippen molar-refractivity contribution < 1.29 is 0 Å². The third kappa shape index (κ3) is 2.61. The molecule has 0 aromatic heterocycles. The summed E-state index contributed by atoms with van der Waals surface area (Å²) in [7, 11) is 0. The van der Waals surface area contributed by atoms with Crippen LogP contribution in [0.15, 0.2) is 42.5 Å². The molecular formula is C18H20ClN. The quantitative estimate of drug-likeness (QED) is 0.838. The highest BCUT2D eigenvalue weighted by atomic mass is 35.5. The molecule has 3 rings (SSSR count). The molecule has 2 aromatic rings. The summed E-state index contributed by atoms with van der Waals surface area (Å²) in [5, 5.41) is 4.61. The minimum Gasteiger partial charge on any atom is -0.303 e. The van der Waals surface area contributed by atoms with E-state index in [0.29, 0.717) is 12.1 Å². The van der Waals surface area contributed by atoms with Crippen LogP contribution in [-0.2, 0) is 6.42 Å². The number of nitrogens with one attached hydrogen (secondary N) is 1. The fourth-order valence-electron chi connectivity index (χ4n) is 3.22. The molecule has 0 amide bonds. The first-order chi connectivity index (χ1) is 9.65. The van der Waals surface area contributed by atoms with E-state index in [2.05, 4.69) is 55.6 Å². The average Bonchev–Trinajstić information content (AvgIpc) is 2.81. The van der Waals surface area contributed by atoms with E-state index in [-0.39, 0.29) is 0 Å². The van der Waals surface area contributed by atoms with Gasteiger partial charge < -0.3 is 5.32 Å². The highest BCUT2D eigenvalue weighted by molar-refractivity contribution is 6.30. The molecular weight excluding hydrogens is 266 g/mol. The zero-order valence-corrected chi connectivity index (χ0v) is 12.7. The van der Waals surface area contributed by atoms with Crippen molar-refractivity contribution in [2.24, 2.45) is 0 Å². The zero-order valence-electron chi connectivity index (χ0n) is 12.0. The molecule has 0 radical (unpaired) electrons. The predicted molar refractivity (Wildman–Crippen MR) is 85.2 cm³/mol. The summed E-state index contributed by atoms with van der Waals surface area (Å²) in [6.45, 7) is 4.42. The molecule has 1 N–H and O–H groups in total. The van der Waals surface area contributed by atoms with E-state index >= 15 is 0 Å². The lowest BCUT2D eigenvalue weighted by atomic mass is 10.0. The Morgan fingerprint density at radius 2 is 2.00 bits per heavy atom. The van der Waals surface area contributed by atoms with Crippen LogP contribution in [0.25, 0.3) is 0 Å². The van der Waals surface area contributed by atoms with Gasteiger partial charge in [-0.2, -0.15) is 0 Å². The second kappa shape index (κ2) is 5.59. The Kier molecular flexibility index (Phi) is 3.82. The van der Waals surface area contributed by atoms with Crippen LogP contribution in [-0.4, -0.2) is 0 Å². The number of aryl methyl sites for hydroxylation is 2. The molecule has 0 saturated heterocycles. The van der Waals surface area contributed by atoms with Gasteiger partial charge in [0.2, 0.25) is 0 Å². The molecule has 2 atom stereocenters. The van der Waals surface area contributed by atoms with Crippen LogP contribution in [0, 0.1) is 6.92 Å². The number of fused-ring (bicyclic) bond motifs is 1. The molecule has 0 heterocycles. The first-order valence-electron chi connectivity index (χ1n) is 7.25. The van der Waals surface area contributed by atoms with Crippen molar-refractivity contribution in [1.82, 2.24) is 5.32 Å². The molecule has 1 nitrogen and oxygen atoms in total. The van der Waals surface area contributed by atoms with E-state index < -0.39 is 0 Å². The van der Waals surface area contributed by atoms with Crippen molar-refractivity contribution in [2.75, 3.05) is 0 Å². The van der Waals surface area contributed by atoms with Gasteiger partial charge in [-0.15, -0.1) is 0 Å². The van der Waals surface area contributed by atoms with E-state index in [1.165, 1.54) is 22.3 Å².